The van der Waals surface area contributed by atoms with E-state index in [0.29, 0.717) is 16.9 Å². The number of benzene rings is 1. The van der Waals surface area contributed by atoms with E-state index in [1.807, 2.05) is 23.6 Å². The van der Waals surface area contributed by atoms with Crippen LogP contribution in [0.3, 0.4) is 0 Å². The van der Waals surface area contributed by atoms with Crippen LogP contribution in [0.4, 0.5) is 11.4 Å². The van der Waals surface area contributed by atoms with Gasteiger partial charge < -0.3 is 25.7 Å². The molecule has 2 aromatic heterocycles. The Bertz CT molecular complexity index is 950. The summed E-state index contributed by atoms with van der Waals surface area (Å²) >= 11 is 3.01. The van der Waals surface area contributed by atoms with Gasteiger partial charge in [-0.25, -0.2) is 4.98 Å². The molecule has 1 fully saturated rings. The third-order valence-electron chi connectivity index (χ3n) is 4.49. The summed E-state index contributed by atoms with van der Waals surface area (Å²) in [6.07, 6.45) is -1.60. The normalized spacial score (nSPS) is 14.5. The number of rotatable bonds is 5. The van der Waals surface area contributed by atoms with Crippen molar-refractivity contribution in [1.29, 1.82) is 0 Å². The number of amides is 1. The zero-order chi connectivity index (χ0) is 19.5. The van der Waals surface area contributed by atoms with Crippen LogP contribution in [-0.4, -0.2) is 47.3 Å². The van der Waals surface area contributed by atoms with Crippen molar-refractivity contribution in [3.05, 3.63) is 52.3 Å². The fourth-order valence-electron chi connectivity index (χ4n) is 3.07. The molecule has 4 rings (SSSR count). The molecular weight excluding hydrogens is 396 g/mol. The highest BCUT2D eigenvalue weighted by atomic mass is 32.1. The lowest BCUT2D eigenvalue weighted by molar-refractivity contribution is -0.0424. The standard InChI is InChI=1S/C19H20N4O3S2/c24-17(14-11-28-18(22-14)16-2-1-9-27-16)21-13-10-12(19(25)26)3-4-15(13)23-7-5-20-6-8-23/h1-4,9-11,19-20,25-26H,5-8H2,(H,21,24). The molecule has 1 saturated heterocycles. The van der Waals surface area contributed by atoms with Gasteiger partial charge in [-0.15, -0.1) is 22.7 Å². The molecule has 0 aliphatic carbocycles. The maximum atomic E-state index is 12.8. The van der Waals surface area contributed by atoms with Gasteiger partial charge in [-0.2, -0.15) is 0 Å². The summed E-state index contributed by atoms with van der Waals surface area (Å²) in [5.74, 6) is -0.319. The second-order valence-corrected chi connectivity index (χ2v) is 8.16. The van der Waals surface area contributed by atoms with Gasteiger partial charge in [0.05, 0.1) is 16.3 Å². The molecule has 0 bridgehead atoms. The molecule has 0 saturated carbocycles. The lowest BCUT2D eigenvalue weighted by Gasteiger charge is -2.31. The molecule has 146 valence electrons. The molecule has 3 heterocycles. The lowest BCUT2D eigenvalue weighted by Crippen LogP contribution is -2.43. The number of piperazine rings is 1. The van der Waals surface area contributed by atoms with Crippen molar-refractivity contribution in [2.45, 2.75) is 6.29 Å². The van der Waals surface area contributed by atoms with Crippen molar-refractivity contribution >= 4 is 40.0 Å². The van der Waals surface area contributed by atoms with Gasteiger partial charge in [0.2, 0.25) is 0 Å². The summed E-state index contributed by atoms with van der Waals surface area (Å²) in [5, 5.41) is 29.8. The van der Waals surface area contributed by atoms with Crippen molar-refractivity contribution < 1.29 is 15.0 Å². The number of hydrogen-bond donors (Lipinski definition) is 4. The molecule has 0 spiro atoms. The number of nitrogens with one attached hydrogen (secondary N) is 2. The number of carbonyl (C=O) groups is 1. The van der Waals surface area contributed by atoms with E-state index in [2.05, 4.69) is 20.5 Å². The van der Waals surface area contributed by atoms with Crippen LogP contribution in [0.5, 0.6) is 0 Å². The predicted molar refractivity (Wildman–Crippen MR) is 112 cm³/mol. The maximum Gasteiger partial charge on any atom is 0.275 e. The Balaban J connectivity index is 1.60. The maximum absolute atomic E-state index is 12.8. The average Bonchev–Trinajstić information content (AvgIpc) is 3.40. The van der Waals surface area contributed by atoms with Crippen molar-refractivity contribution in [2.75, 3.05) is 36.4 Å². The molecule has 3 aromatic rings. The van der Waals surface area contributed by atoms with Crippen molar-refractivity contribution in [1.82, 2.24) is 10.3 Å². The highest BCUT2D eigenvalue weighted by Crippen LogP contribution is 2.31. The Morgan fingerprint density at radius 2 is 2.04 bits per heavy atom. The SMILES string of the molecule is O=C(Nc1cc(C(O)O)ccc1N1CCNCC1)c1csc(-c2cccs2)n1. The van der Waals surface area contributed by atoms with Gasteiger partial charge in [0, 0.05) is 37.1 Å². The quantitative estimate of drug-likeness (QED) is 0.477. The summed E-state index contributed by atoms with van der Waals surface area (Å²) in [6.45, 7) is 3.33. The monoisotopic (exact) mass is 416 g/mol. The molecule has 1 aliphatic heterocycles. The number of thiazole rings is 1. The number of aromatic nitrogens is 1. The minimum absolute atomic E-state index is 0.319. The fraction of sp³-hybridized carbons (Fsp3) is 0.263. The highest BCUT2D eigenvalue weighted by Gasteiger charge is 2.19. The second kappa shape index (κ2) is 8.38. The molecule has 9 heteroatoms. The molecule has 0 radical (unpaired) electrons. The van der Waals surface area contributed by atoms with Gasteiger partial charge in [-0.1, -0.05) is 12.1 Å². The van der Waals surface area contributed by atoms with Crippen LogP contribution in [-0.2, 0) is 0 Å². The molecule has 0 atom stereocenters. The smallest absolute Gasteiger partial charge is 0.275 e. The summed E-state index contributed by atoms with van der Waals surface area (Å²) in [4.78, 5) is 20.4. The summed E-state index contributed by atoms with van der Waals surface area (Å²) in [7, 11) is 0. The van der Waals surface area contributed by atoms with E-state index in [9.17, 15) is 15.0 Å². The molecule has 7 nitrogen and oxygen atoms in total. The first-order valence-corrected chi connectivity index (χ1v) is 10.6. The minimum atomic E-state index is -1.60. The van der Waals surface area contributed by atoms with Crippen LogP contribution in [0.15, 0.2) is 41.1 Å². The first kappa shape index (κ1) is 19.0. The fourth-order valence-corrected chi connectivity index (χ4v) is 4.69. The van der Waals surface area contributed by atoms with Crippen LogP contribution in [0.1, 0.15) is 22.3 Å². The largest absolute Gasteiger partial charge is 0.367 e. The molecule has 28 heavy (non-hydrogen) atoms. The number of nitrogens with zero attached hydrogens (tertiary/aromatic N) is 2. The number of anilines is 2. The van der Waals surface area contributed by atoms with E-state index in [-0.39, 0.29) is 5.91 Å². The van der Waals surface area contributed by atoms with Crippen LogP contribution >= 0.6 is 22.7 Å². The van der Waals surface area contributed by atoms with Crippen LogP contribution in [0.2, 0.25) is 0 Å². The van der Waals surface area contributed by atoms with E-state index in [1.54, 1.807) is 28.8 Å². The number of aliphatic hydroxyl groups excluding tert-OH is 1. The molecule has 1 amide bonds. The number of hydrogen-bond acceptors (Lipinski definition) is 8. The number of aliphatic hydroxyl groups is 2. The van der Waals surface area contributed by atoms with Crippen molar-refractivity contribution in [3.63, 3.8) is 0 Å². The Labute approximate surface area is 170 Å². The molecular formula is C19H20N4O3S2. The van der Waals surface area contributed by atoms with E-state index < -0.39 is 6.29 Å². The summed E-state index contributed by atoms with van der Waals surface area (Å²) in [6, 6.07) is 9.00. The van der Waals surface area contributed by atoms with Gasteiger partial charge in [-0.3, -0.25) is 4.79 Å². The van der Waals surface area contributed by atoms with E-state index >= 15 is 0 Å². The minimum Gasteiger partial charge on any atom is -0.367 e. The van der Waals surface area contributed by atoms with Crippen molar-refractivity contribution in [2.24, 2.45) is 0 Å². The van der Waals surface area contributed by atoms with Crippen LogP contribution in [0, 0.1) is 0 Å². The predicted octanol–water partition coefficient (Wildman–Crippen LogP) is 2.52. The lowest BCUT2D eigenvalue weighted by atomic mass is 10.1. The second-order valence-electron chi connectivity index (χ2n) is 6.36. The van der Waals surface area contributed by atoms with Crippen LogP contribution < -0.4 is 15.5 Å². The first-order chi connectivity index (χ1) is 13.6. The topological polar surface area (TPSA) is 97.7 Å². The Morgan fingerprint density at radius 1 is 1.21 bits per heavy atom. The van der Waals surface area contributed by atoms with Gasteiger partial charge in [0.1, 0.15) is 10.7 Å². The van der Waals surface area contributed by atoms with E-state index in [4.69, 9.17) is 0 Å². The third-order valence-corrected chi connectivity index (χ3v) is 6.37. The third kappa shape index (κ3) is 4.08. The van der Waals surface area contributed by atoms with Gasteiger partial charge >= 0.3 is 0 Å². The Kier molecular flexibility index (Phi) is 5.69. The highest BCUT2D eigenvalue weighted by molar-refractivity contribution is 7.20. The molecule has 1 aliphatic rings. The number of thiophene rings is 1. The molecule has 4 N–H and O–H groups in total. The molecule has 1 aromatic carbocycles. The summed E-state index contributed by atoms with van der Waals surface area (Å²) < 4.78 is 0. The first-order valence-electron chi connectivity index (χ1n) is 8.88. The van der Waals surface area contributed by atoms with Crippen molar-refractivity contribution in [3.8, 4) is 9.88 Å². The summed E-state index contributed by atoms with van der Waals surface area (Å²) in [5.41, 5.74) is 2.07. The molecule has 0 unspecified atom stereocenters. The van der Waals surface area contributed by atoms with Crippen LogP contribution in [0.25, 0.3) is 9.88 Å². The zero-order valence-corrected chi connectivity index (χ0v) is 16.6. The number of carbonyl (C=O) groups excluding carboxylic acids is 1. The van der Waals surface area contributed by atoms with Gasteiger partial charge in [-0.05, 0) is 23.6 Å². The van der Waals surface area contributed by atoms with E-state index in [0.717, 1.165) is 41.8 Å². The van der Waals surface area contributed by atoms with E-state index in [1.165, 1.54) is 11.3 Å². The average molecular weight is 417 g/mol. The van der Waals surface area contributed by atoms with Gasteiger partial charge in [0.25, 0.3) is 5.91 Å². The zero-order valence-electron chi connectivity index (χ0n) is 15.0. The van der Waals surface area contributed by atoms with Gasteiger partial charge in [0.15, 0.2) is 6.29 Å². The Morgan fingerprint density at radius 3 is 2.75 bits per heavy atom. The Hall–Kier alpha value is -2.30.